The first-order valence-corrected chi connectivity index (χ1v) is 23.5. The summed E-state index contributed by atoms with van der Waals surface area (Å²) in [6.07, 6.45) is 7.44. The lowest BCUT2D eigenvalue weighted by Crippen LogP contribution is -2.54. The number of anilines is 1. The molecule has 1 aromatic heterocycles. The Balaban J connectivity index is 0.879. The summed E-state index contributed by atoms with van der Waals surface area (Å²) in [5, 5.41) is 5.49. The number of hydrogen-bond donors (Lipinski definition) is 2. The number of Topliss-reactive ketones (excluding diaryl/α,β-unsaturated/α-hetero) is 1. The molecule has 0 radical (unpaired) electrons. The Labute approximate surface area is 371 Å². The quantitative estimate of drug-likeness (QED) is 0.0429. The molecule has 1 atom stereocenters. The number of imide groups is 2. The Kier molecular flexibility index (Phi) is 14.1. The van der Waals surface area contributed by atoms with E-state index in [1.807, 2.05) is 13.0 Å². The van der Waals surface area contributed by atoms with Crippen LogP contribution in [-0.2, 0) is 39.3 Å². The van der Waals surface area contributed by atoms with Crippen LogP contribution in [0, 0.1) is 0 Å². The van der Waals surface area contributed by atoms with Gasteiger partial charge in [0, 0.05) is 62.4 Å². The molecule has 1 unspecified atom stereocenters. The molecule has 2 aliphatic rings. The van der Waals surface area contributed by atoms with E-state index in [9.17, 15) is 37.2 Å². The average molecular weight is 892 g/mol. The van der Waals surface area contributed by atoms with Gasteiger partial charge in [-0.2, -0.15) is 0 Å². The number of unbranched alkanes of at least 4 members (excludes halogenated alkanes) is 6. The first kappa shape index (κ1) is 45.5. The van der Waals surface area contributed by atoms with Crippen LogP contribution in [-0.4, -0.2) is 71.1 Å². The molecule has 0 spiro atoms. The maximum atomic E-state index is 14.0. The van der Waals surface area contributed by atoms with E-state index in [1.165, 1.54) is 21.3 Å². The van der Waals surface area contributed by atoms with Crippen molar-refractivity contribution in [1.82, 2.24) is 19.4 Å². The molecule has 0 bridgehead atoms. The van der Waals surface area contributed by atoms with Gasteiger partial charge in [0.15, 0.2) is 15.6 Å². The first-order valence-electron chi connectivity index (χ1n) is 21.8. The Morgan fingerprint density at radius 1 is 0.797 bits per heavy atom. The molecule has 3 heterocycles. The van der Waals surface area contributed by atoms with Gasteiger partial charge in [-0.25, -0.2) is 13.2 Å². The van der Waals surface area contributed by atoms with Crippen molar-refractivity contribution < 1.29 is 41.9 Å². The van der Waals surface area contributed by atoms with Gasteiger partial charge in [-0.3, -0.25) is 43.3 Å². The number of ether oxygens (including phenoxy) is 2. The first-order chi connectivity index (χ1) is 30.8. The Morgan fingerprint density at radius 3 is 2.23 bits per heavy atom. The van der Waals surface area contributed by atoms with Gasteiger partial charge < -0.3 is 14.8 Å². The summed E-state index contributed by atoms with van der Waals surface area (Å²) in [7, 11) is -0.698. The number of carbonyl (C=O) groups excluding carboxylic acids is 5. The summed E-state index contributed by atoms with van der Waals surface area (Å²) in [6.45, 7) is 3.12. The molecule has 15 nitrogen and oxygen atoms in total. The lowest BCUT2D eigenvalue weighted by Gasteiger charge is -2.27. The Morgan fingerprint density at radius 2 is 1.48 bits per heavy atom. The number of carbonyl (C=O) groups is 5. The van der Waals surface area contributed by atoms with Crippen LogP contribution in [0.1, 0.15) is 114 Å². The fourth-order valence-corrected chi connectivity index (χ4v) is 9.62. The van der Waals surface area contributed by atoms with Crippen molar-refractivity contribution >= 4 is 56.0 Å². The zero-order valence-electron chi connectivity index (χ0n) is 36.3. The number of hydrogen-bond acceptors (Lipinski definition) is 11. The summed E-state index contributed by atoms with van der Waals surface area (Å²) in [4.78, 5) is 77.5. The number of benzene rings is 4. The van der Waals surface area contributed by atoms with Gasteiger partial charge in [0.2, 0.25) is 11.8 Å². The predicted molar refractivity (Wildman–Crippen MR) is 241 cm³/mol. The Hall–Kier alpha value is -6.55. The minimum Gasteiger partial charge on any atom is -0.493 e. The highest BCUT2D eigenvalue weighted by atomic mass is 32.2. The number of aryl methyl sites for hydroxylation is 2. The highest BCUT2D eigenvalue weighted by Gasteiger charge is 2.45. The highest BCUT2D eigenvalue weighted by Crippen LogP contribution is 2.35. The molecule has 2 N–H and O–H groups in total. The van der Waals surface area contributed by atoms with Crippen molar-refractivity contribution in [2.75, 3.05) is 18.5 Å². The number of piperidine rings is 1. The van der Waals surface area contributed by atoms with Gasteiger partial charge in [-0.1, -0.05) is 63.3 Å². The zero-order chi connectivity index (χ0) is 45.5. The zero-order valence-corrected chi connectivity index (χ0v) is 37.1. The van der Waals surface area contributed by atoms with Crippen molar-refractivity contribution in [2.24, 2.45) is 14.1 Å². The molecule has 4 aromatic carbocycles. The van der Waals surface area contributed by atoms with Gasteiger partial charge in [0.1, 0.15) is 23.3 Å². The molecule has 0 saturated carbocycles. The second-order valence-corrected chi connectivity index (χ2v) is 18.3. The van der Waals surface area contributed by atoms with Crippen molar-refractivity contribution in [1.29, 1.82) is 0 Å². The number of imidazole rings is 1. The minimum atomic E-state index is -3.97. The predicted octanol–water partition coefficient (Wildman–Crippen LogP) is 7.25. The van der Waals surface area contributed by atoms with Gasteiger partial charge in [-0.15, -0.1) is 0 Å². The van der Waals surface area contributed by atoms with Crippen LogP contribution in [0.2, 0.25) is 0 Å². The number of nitrogens with zero attached hydrogens (tertiary/aromatic N) is 3. The van der Waals surface area contributed by atoms with Crippen LogP contribution in [0.4, 0.5) is 5.69 Å². The summed E-state index contributed by atoms with van der Waals surface area (Å²) >= 11 is 0. The summed E-state index contributed by atoms with van der Waals surface area (Å²) in [5.74, 6) is -1.37. The van der Waals surface area contributed by atoms with Crippen LogP contribution in [0.15, 0.2) is 88.6 Å². The maximum absolute atomic E-state index is 14.0. The van der Waals surface area contributed by atoms with E-state index in [0.29, 0.717) is 58.9 Å². The molecular weight excluding hydrogens is 839 g/mol. The monoisotopic (exact) mass is 891 g/mol. The van der Waals surface area contributed by atoms with Crippen LogP contribution in [0.3, 0.4) is 0 Å². The van der Waals surface area contributed by atoms with E-state index in [1.54, 1.807) is 74.8 Å². The molecule has 7 rings (SSSR count). The van der Waals surface area contributed by atoms with Crippen molar-refractivity contribution in [2.45, 2.75) is 94.2 Å². The smallest absolute Gasteiger partial charge is 0.328 e. The lowest BCUT2D eigenvalue weighted by atomic mass is 10.0. The normalized spacial score (nSPS) is 15.1. The van der Waals surface area contributed by atoms with Gasteiger partial charge in [0.25, 0.3) is 11.8 Å². The molecule has 0 aliphatic carbocycles. The lowest BCUT2D eigenvalue weighted by molar-refractivity contribution is -0.136. The van der Waals surface area contributed by atoms with E-state index in [0.717, 1.165) is 49.8 Å². The van der Waals surface area contributed by atoms with E-state index < -0.39 is 45.3 Å². The highest BCUT2D eigenvalue weighted by molar-refractivity contribution is 7.90. The largest absolute Gasteiger partial charge is 0.493 e. The van der Waals surface area contributed by atoms with Crippen molar-refractivity contribution in [3.63, 3.8) is 0 Å². The Bertz CT molecular complexity index is 2790. The van der Waals surface area contributed by atoms with E-state index in [-0.39, 0.29) is 52.5 Å². The van der Waals surface area contributed by atoms with Crippen molar-refractivity contribution in [3.05, 3.63) is 112 Å². The summed E-state index contributed by atoms with van der Waals surface area (Å²) in [6, 6.07) is 20.5. The van der Waals surface area contributed by atoms with E-state index in [2.05, 4.69) is 10.6 Å². The third-order valence-electron chi connectivity index (χ3n) is 11.7. The SMILES string of the molecule is CCCOc1cccc(Oc2cc3c(cc2CS(=O)(=O)c2cccc(C(=O)CCCCCCCCCNc4cccc5c4C(=O)N(C4CCC(=O)NC4=O)C5=O)c2)n(C)c(=O)n3C)c1. The third-order valence-corrected chi connectivity index (χ3v) is 13.3. The topological polar surface area (TPSA) is 192 Å². The number of nitrogens with one attached hydrogen (secondary N) is 2. The van der Waals surface area contributed by atoms with E-state index >= 15 is 0 Å². The second kappa shape index (κ2) is 19.9. The third kappa shape index (κ3) is 9.96. The maximum Gasteiger partial charge on any atom is 0.328 e. The fourth-order valence-electron chi connectivity index (χ4n) is 8.23. The molecule has 336 valence electrons. The second-order valence-electron chi connectivity index (χ2n) is 16.3. The number of amides is 4. The number of fused-ring (bicyclic) bond motifs is 2. The van der Waals surface area contributed by atoms with E-state index in [4.69, 9.17) is 9.47 Å². The van der Waals surface area contributed by atoms with Gasteiger partial charge >= 0.3 is 5.69 Å². The molecule has 5 aromatic rings. The van der Waals surface area contributed by atoms with Crippen LogP contribution < -0.4 is 25.8 Å². The number of aromatic nitrogens is 2. The molecule has 4 amide bonds. The molecule has 1 saturated heterocycles. The van der Waals surface area contributed by atoms with Gasteiger partial charge in [0.05, 0.1) is 39.4 Å². The molecule has 1 fully saturated rings. The van der Waals surface area contributed by atoms with Gasteiger partial charge in [-0.05, 0) is 68.1 Å². The average Bonchev–Trinajstić information content (AvgIpc) is 3.65. The van der Waals surface area contributed by atoms with Crippen LogP contribution in [0.5, 0.6) is 17.2 Å². The molecule has 16 heteroatoms. The number of sulfone groups is 1. The summed E-state index contributed by atoms with van der Waals surface area (Å²) < 4.78 is 43.0. The number of ketones is 1. The molecule has 64 heavy (non-hydrogen) atoms. The fraction of sp³-hybridized carbons (Fsp3) is 0.375. The standard InChI is InChI=1S/C48H53N5O10S/c1-4-25-62-33-16-13-17-34(28-33)63-42-29-40-39(51(2)48(59)52(40)3)27-32(42)30-64(60,61)35-18-12-15-31(26-35)41(54)21-10-8-6-5-7-9-11-24-49-37-20-14-19-36-44(37)47(58)53(46(36)57)38-22-23-43(55)50-45(38)56/h12-20,26-29,38,49H,4-11,21-25,30H2,1-3H3,(H,50,55,56). The minimum absolute atomic E-state index is 0.0155. The molecule has 2 aliphatic heterocycles. The van der Waals surface area contributed by atoms with Crippen molar-refractivity contribution in [3.8, 4) is 17.2 Å². The number of rotatable bonds is 21. The molecular formula is C48H53N5O10S. The van der Waals surface area contributed by atoms with Crippen LogP contribution in [0.25, 0.3) is 11.0 Å². The van der Waals surface area contributed by atoms with Crippen LogP contribution >= 0.6 is 0 Å². The summed E-state index contributed by atoms with van der Waals surface area (Å²) in [5.41, 5.74) is 2.57.